The summed E-state index contributed by atoms with van der Waals surface area (Å²) in [6, 6.07) is 15.9. The third-order valence-corrected chi connectivity index (χ3v) is 5.47. The molecule has 0 nitrogen and oxygen atoms in total. The van der Waals surface area contributed by atoms with E-state index in [1.165, 1.54) is 39.0 Å². The molecule has 25 heavy (non-hydrogen) atoms. The van der Waals surface area contributed by atoms with Crippen molar-refractivity contribution in [3.63, 3.8) is 0 Å². The normalized spacial score (nSPS) is 21.1. The number of hydrogen-bond acceptors (Lipinski definition) is 0. The second kappa shape index (κ2) is 6.04. The predicted molar refractivity (Wildman–Crippen MR) is 108 cm³/mol. The van der Waals surface area contributed by atoms with Crippen LogP contribution in [0.15, 0.2) is 84.5 Å². The Bertz CT molecular complexity index is 950. The molecule has 0 fully saturated rings. The summed E-state index contributed by atoms with van der Waals surface area (Å²) < 4.78 is 0. The molecule has 0 N–H and O–H groups in total. The third-order valence-electron chi connectivity index (χ3n) is 5.47. The summed E-state index contributed by atoms with van der Waals surface area (Å²) in [5, 5.41) is 0. The molecule has 0 heterocycles. The quantitative estimate of drug-likeness (QED) is 0.585. The van der Waals surface area contributed by atoms with E-state index in [9.17, 15) is 0 Å². The Kier molecular flexibility index (Phi) is 3.84. The van der Waals surface area contributed by atoms with Crippen LogP contribution in [-0.4, -0.2) is 0 Å². The van der Waals surface area contributed by atoms with Crippen molar-refractivity contribution in [1.29, 1.82) is 0 Å². The molecule has 0 radical (unpaired) electrons. The van der Waals surface area contributed by atoms with E-state index >= 15 is 0 Å². The molecule has 0 saturated carbocycles. The lowest BCUT2D eigenvalue weighted by Crippen LogP contribution is -2.27. The molecule has 3 aliphatic rings. The summed E-state index contributed by atoms with van der Waals surface area (Å²) in [7, 11) is 0. The summed E-state index contributed by atoms with van der Waals surface area (Å²) in [4.78, 5) is 0. The van der Waals surface area contributed by atoms with E-state index in [0.29, 0.717) is 11.8 Å². The molecule has 124 valence electrons. The molecule has 0 heteroatoms. The van der Waals surface area contributed by atoms with Gasteiger partial charge in [-0.2, -0.15) is 0 Å². The summed E-state index contributed by atoms with van der Waals surface area (Å²) in [6.07, 6.45) is 8.95. The molecule has 0 amide bonds. The van der Waals surface area contributed by atoms with Crippen molar-refractivity contribution in [2.75, 3.05) is 0 Å². The van der Waals surface area contributed by atoms with Crippen LogP contribution in [0.4, 0.5) is 0 Å². The average Bonchev–Trinajstić information content (AvgIpc) is 2.63. The zero-order valence-electron chi connectivity index (χ0n) is 15.2. The second-order valence-corrected chi connectivity index (χ2v) is 7.03. The van der Waals surface area contributed by atoms with Gasteiger partial charge in [-0.1, -0.05) is 78.9 Å². The maximum Gasteiger partial charge on any atom is 0.0349 e. The first-order chi connectivity index (χ1) is 12.2. The lowest BCUT2D eigenvalue weighted by atomic mass is 9.60. The maximum absolute atomic E-state index is 4.14. The highest BCUT2D eigenvalue weighted by molar-refractivity contribution is 5.72. The van der Waals surface area contributed by atoms with Crippen LogP contribution in [-0.2, 0) is 0 Å². The third kappa shape index (κ3) is 2.28. The minimum absolute atomic E-state index is 0.318. The summed E-state index contributed by atoms with van der Waals surface area (Å²) >= 11 is 0. The fourth-order valence-electron chi connectivity index (χ4n) is 4.47. The largest absolute Gasteiger partial charge is 0.0955 e. The molecular weight excluding hydrogens is 300 g/mol. The van der Waals surface area contributed by atoms with Crippen molar-refractivity contribution in [2.45, 2.75) is 32.6 Å². The van der Waals surface area contributed by atoms with Crippen molar-refractivity contribution in [3.8, 4) is 0 Å². The Morgan fingerprint density at radius 3 is 1.84 bits per heavy atom. The van der Waals surface area contributed by atoms with Crippen LogP contribution < -0.4 is 0 Å². The van der Waals surface area contributed by atoms with Crippen LogP contribution in [0.25, 0.3) is 5.57 Å². The Morgan fingerprint density at radius 1 is 0.800 bits per heavy atom. The van der Waals surface area contributed by atoms with Crippen LogP contribution in [0.2, 0.25) is 0 Å². The van der Waals surface area contributed by atoms with E-state index in [0.717, 1.165) is 5.57 Å². The second-order valence-electron chi connectivity index (χ2n) is 7.03. The van der Waals surface area contributed by atoms with Crippen LogP contribution in [0.5, 0.6) is 0 Å². The minimum atomic E-state index is 0.318. The van der Waals surface area contributed by atoms with Crippen LogP contribution in [0.1, 0.15) is 60.4 Å². The van der Waals surface area contributed by atoms with Crippen LogP contribution in [0.3, 0.4) is 0 Å². The van der Waals surface area contributed by atoms with Gasteiger partial charge in [0.05, 0.1) is 0 Å². The van der Waals surface area contributed by atoms with Crippen molar-refractivity contribution in [3.05, 3.63) is 112 Å². The smallest absolute Gasteiger partial charge is 0.0349 e. The van der Waals surface area contributed by atoms with E-state index in [-0.39, 0.29) is 0 Å². The minimum Gasteiger partial charge on any atom is -0.0955 e. The number of allylic oxidation sites excluding steroid dienone is 7. The van der Waals surface area contributed by atoms with E-state index in [1.54, 1.807) is 0 Å². The van der Waals surface area contributed by atoms with Gasteiger partial charge >= 0.3 is 0 Å². The van der Waals surface area contributed by atoms with Gasteiger partial charge in [0.2, 0.25) is 0 Å². The number of benzene rings is 2. The molecule has 3 aliphatic carbocycles. The average molecular weight is 324 g/mol. The van der Waals surface area contributed by atoms with Gasteiger partial charge in [-0.25, -0.2) is 0 Å². The first kappa shape index (κ1) is 15.9. The van der Waals surface area contributed by atoms with Crippen molar-refractivity contribution in [1.82, 2.24) is 0 Å². The fraction of sp³-hybridized carbons (Fsp3) is 0.200. The lowest BCUT2D eigenvalue weighted by molar-refractivity contribution is 0.757. The fourth-order valence-corrected chi connectivity index (χ4v) is 4.47. The Hall–Kier alpha value is -2.60. The summed E-state index contributed by atoms with van der Waals surface area (Å²) in [5.74, 6) is 0.649. The summed E-state index contributed by atoms with van der Waals surface area (Å²) in [6.45, 7) is 10.5. The van der Waals surface area contributed by atoms with Gasteiger partial charge in [-0.15, -0.1) is 0 Å². The Morgan fingerprint density at radius 2 is 1.32 bits per heavy atom. The predicted octanol–water partition coefficient (Wildman–Crippen LogP) is 6.76. The zero-order valence-corrected chi connectivity index (χ0v) is 15.2. The van der Waals surface area contributed by atoms with Gasteiger partial charge in [0.1, 0.15) is 0 Å². The van der Waals surface area contributed by atoms with Crippen molar-refractivity contribution >= 4 is 5.57 Å². The molecule has 0 saturated heterocycles. The molecule has 2 aromatic carbocycles. The Labute approximate surface area is 150 Å². The highest BCUT2D eigenvalue weighted by atomic mass is 14.4. The SMILES string of the molecule is C=C(C)c1ccc2c(c1)C1C(C=CC)=C(C=CC)C2c2ccccc21. The molecule has 2 atom stereocenters. The Balaban J connectivity index is 2.05. The van der Waals surface area contributed by atoms with Gasteiger partial charge in [0.25, 0.3) is 0 Å². The molecule has 2 aromatic rings. The highest BCUT2D eigenvalue weighted by Crippen LogP contribution is 2.56. The van der Waals surface area contributed by atoms with E-state index in [2.05, 4.69) is 94.1 Å². The summed E-state index contributed by atoms with van der Waals surface area (Å²) in [5.41, 5.74) is 11.1. The van der Waals surface area contributed by atoms with Crippen LogP contribution >= 0.6 is 0 Å². The molecule has 0 aliphatic heterocycles. The van der Waals surface area contributed by atoms with Gasteiger partial charge < -0.3 is 0 Å². The van der Waals surface area contributed by atoms with Gasteiger partial charge in [0.15, 0.2) is 0 Å². The highest BCUT2D eigenvalue weighted by Gasteiger charge is 2.41. The van der Waals surface area contributed by atoms with Gasteiger partial charge in [0, 0.05) is 11.8 Å². The number of hydrogen-bond donors (Lipinski definition) is 0. The van der Waals surface area contributed by atoms with Crippen molar-refractivity contribution < 1.29 is 0 Å². The standard InChI is InChI=1S/C25H24/c1-5-9-18-19(10-6-2)25-21-12-8-7-11-20(21)24(18)22-14-13-17(16(3)4)15-23(22)25/h5-15,24-25H,3H2,1-2,4H3. The molecule has 0 aromatic heterocycles. The maximum atomic E-state index is 4.14. The van der Waals surface area contributed by atoms with E-state index in [1.807, 2.05) is 0 Å². The molecule has 2 bridgehead atoms. The van der Waals surface area contributed by atoms with Crippen LogP contribution in [0, 0.1) is 0 Å². The van der Waals surface area contributed by atoms with E-state index < -0.39 is 0 Å². The number of rotatable bonds is 3. The molecular formula is C25H24. The van der Waals surface area contributed by atoms with Gasteiger partial charge in [-0.3, -0.25) is 0 Å². The monoisotopic (exact) mass is 324 g/mol. The molecule has 0 spiro atoms. The topological polar surface area (TPSA) is 0 Å². The molecule has 2 unspecified atom stereocenters. The first-order valence-electron chi connectivity index (χ1n) is 9.05. The van der Waals surface area contributed by atoms with E-state index in [4.69, 9.17) is 0 Å². The van der Waals surface area contributed by atoms with Gasteiger partial charge in [-0.05, 0) is 59.7 Å². The zero-order chi connectivity index (χ0) is 17.6. The first-order valence-corrected chi connectivity index (χ1v) is 9.05. The van der Waals surface area contributed by atoms with Crippen molar-refractivity contribution in [2.24, 2.45) is 0 Å². The molecule has 5 rings (SSSR count). The lowest BCUT2D eigenvalue weighted by Gasteiger charge is -2.42.